The van der Waals surface area contributed by atoms with Gasteiger partial charge in [0.2, 0.25) is 5.89 Å². The Morgan fingerprint density at radius 1 is 1.44 bits per heavy atom. The Labute approximate surface area is 105 Å². The number of aryl methyl sites for hydroxylation is 1. The minimum atomic E-state index is 0.614. The van der Waals surface area contributed by atoms with Gasteiger partial charge in [0.05, 0.1) is 6.61 Å². The van der Waals surface area contributed by atoms with Crippen molar-refractivity contribution < 1.29 is 9.26 Å². The standard InChI is InChI=1S/C12H16N4O2/c1-3-17-10-5-4-7-13-12(10)14-8-6-11-15-9(2)16-18-11/h4-5,7H,3,6,8H2,1-2H3,(H,13,14). The Bertz CT molecular complexity index is 498. The van der Waals surface area contributed by atoms with Crippen LogP contribution in [-0.2, 0) is 6.42 Å². The Morgan fingerprint density at radius 2 is 2.33 bits per heavy atom. The summed E-state index contributed by atoms with van der Waals surface area (Å²) >= 11 is 0. The highest BCUT2D eigenvalue weighted by Gasteiger charge is 2.05. The van der Waals surface area contributed by atoms with Gasteiger partial charge in [0.1, 0.15) is 0 Å². The predicted octanol–water partition coefficient (Wildman–Crippen LogP) is 1.83. The molecule has 2 aromatic rings. The quantitative estimate of drug-likeness (QED) is 0.840. The number of rotatable bonds is 6. The van der Waals surface area contributed by atoms with Crippen molar-refractivity contribution in [3.05, 3.63) is 30.0 Å². The molecule has 1 N–H and O–H groups in total. The van der Waals surface area contributed by atoms with Gasteiger partial charge >= 0.3 is 0 Å². The zero-order valence-electron chi connectivity index (χ0n) is 10.5. The van der Waals surface area contributed by atoms with Crippen LogP contribution in [0.2, 0.25) is 0 Å². The van der Waals surface area contributed by atoms with E-state index >= 15 is 0 Å². The first-order chi connectivity index (χ1) is 8.79. The van der Waals surface area contributed by atoms with Gasteiger partial charge in [0.25, 0.3) is 0 Å². The molecule has 0 fully saturated rings. The van der Waals surface area contributed by atoms with Gasteiger partial charge in [-0.05, 0) is 26.0 Å². The lowest BCUT2D eigenvalue weighted by atomic mass is 10.4. The van der Waals surface area contributed by atoms with E-state index in [2.05, 4.69) is 20.4 Å². The third-order valence-electron chi connectivity index (χ3n) is 2.27. The van der Waals surface area contributed by atoms with Crippen molar-refractivity contribution >= 4 is 5.82 Å². The SMILES string of the molecule is CCOc1cccnc1NCCc1nc(C)no1. The summed E-state index contributed by atoms with van der Waals surface area (Å²) in [6, 6.07) is 3.73. The molecule has 0 atom stereocenters. The topological polar surface area (TPSA) is 73.1 Å². The van der Waals surface area contributed by atoms with Crippen LogP contribution in [0.4, 0.5) is 5.82 Å². The molecule has 0 aliphatic heterocycles. The minimum absolute atomic E-state index is 0.614. The van der Waals surface area contributed by atoms with Crippen molar-refractivity contribution in [3.8, 4) is 5.75 Å². The van der Waals surface area contributed by atoms with Crippen molar-refractivity contribution in [2.75, 3.05) is 18.5 Å². The largest absolute Gasteiger partial charge is 0.490 e. The molecule has 0 aliphatic carbocycles. The smallest absolute Gasteiger partial charge is 0.228 e. The molecule has 0 amide bonds. The van der Waals surface area contributed by atoms with Gasteiger partial charge in [-0.3, -0.25) is 0 Å². The molecule has 96 valence electrons. The van der Waals surface area contributed by atoms with Crippen molar-refractivity contribution in [1.82, 2.24) is 15.1 Å². The summed E-state index contributed by atoms with van der Waals surface area (Å²) in [6.07, 6.45) is 2.38. The number of nitrogens with zero attached hydrogens (tertiary/aromatic N) is 3. The van der Waals surface area contributed by atoms with E-state index in [0.717, 1.165) is 11.6 Å². The van der Waals surface area contributed by atoms with E-state index in [0.29, 0.717) is 31.3 Å². The number of hydrogen-bond acceptors (Lipinski definition) is 6. The number of nitrogens with one attached hydrogen (secondary N) is 1. The highest BCUT2D eigenvalue weighted by atomic mass is 16.5. The number of pyridine rings is 1. The van der Waals surface area contributed by atoms with Crippen molar-refractivity contribution in [1.29, 1.82) is 0 Å². The fourth-order valence-electron chi connectivity index (χ4n) is 1.52. The van der Waals surface area contributed by atoms with Gasteiger partial charge in [0.15, 0.2) is 17.4 Å². The summed E-state index contributed by atoms with van der Waals surface area (Å²) in [6.45, 7) is 5.02. The summed E-state index contributed by atoms with van der Waals surface area (Å²) < 4.78 is 10.5. The van der Waals surface area contributed by atoms with E-state index in [-0.39, 0.29) is 0 Å². The van der Waals surface area contributed by atoms with Crippen LogP contribution in [0.5, 0.6) is 5.75 Å². The molecule has 2 aromatic heterocycles. The molecule has 0 unspecified atom stereocenters. The Hall–Kier alpha value is -2.11. The number of ether oxygens (including phenoxy) is 1. The van der Waals surface area contributed by atoms with Crippen LogP contribution in [0.25, 0.3) is 0 Å². The van der Waals surface area contributed by atoms with Gasteiger partial charge in [0, 0.05) is 19.2 Å². The highest BCUT2D eigenvalue weighted by molar-refractivity contribution is 5.49. The van der Waals surface area contributed by atoms with Crippen LogP contribution < -0.4 is 10.1 Å². The normalized spacial score (nSPS) is 10.3. The first kappa shape index (κ1) is 12.3. The second-order valence-electron chi connectivity index (χ2n) is 3.70. The molecule has 6 nitrogen and oxygen atoms in total. The second-order valence-corrected chi connectivity index (χ2v) is 3.70. The molecule has 0 radical (unpaired) electrons. The maximum Gasteiger partial charge on any atom is 0.228 e. The van der Waals surface area contributed by atoms with Crippen LogP contribution in [-0.4, -0.2) is 28.3 Å². The van der Waals surface area contributed by atoms with E-state index in [9.17, 15) is 0 Å². The van der Waals surface area contributed by atoms with E-state index in [1.54, 1.807) is 13.1 Å². The summed E-state index contributed by atoms with van der Waals surface area (Å²) in [4.78, 5) is 8.36. The van der Waals surface area contributed by atoms with Gasteiger partial charge in [-0.2, -0.15) is 4.98 Å². The molecule has 0 aromatic carbocycles. The lowest BCUT2D eigenvalue weighted by Gasteiger charge is -2.09. The molecule has 0 saturated heterocycles. The molecule has 2 heterocycles. The Kier molecular flexibility index (Phi) is 4.11. The van der Waals surface area contributed by atoms with E-state index < -0.39 is 0 Å². The van der Waals surface area contributed by atoms with Gasteiger partial charge in [-0.25, -0.2) is 4.98 Å². The summed E-state index contributed by atoms with van der Waals surface area (Å²) in [5.74, 6) is 2.75. The van der Waals surface area contributed by atoms with Crippen molar-refractivity contribution in [2.24, 2.45) is 0 Å². The van der Waals surface area contributed by atoms with Crippen LogP contribution in [0.1, 0.15) is 18.6 Å². The predicted molar refractivity (Wildman–Crippen MR) is 66.6 cm³/mol. The van der Waals surface area contributed by atoms with Gasteiger partial charge in [-0.1, -0.05) is 5.16 Å². The van der Waals surface area contributed by atoms with Crippen LogP contribution in [0.15, 0.2) is 22.9 Å². The van der Waals surface area contributed by atoms with Gasteiger partial charge in [-0.15, -0.1) is 0 Å². The zero-order chi connectivity index (χ0) is 12.8. The molecule has 0 aliphatic rings. The lowest BCUT2D eigenvalue weighted by molar-refractivity contribution is 0.340. The molecule has 6 heteroatoms. The first-order valence-electron chi connectivity index (χ1n) is 5.90. The zero-order valence-corrected chi connectivity index (χ0v) is 10.5. The van der Waals surface area contributed by atoms with E-state index in [4.69, 9.17) is 9.26 Å². The molecule has 0 saturated carbocycles. The summed E-state index contributed by atoms with van der Waals surface area (Å²) in [5, 5.41) is 6.93. The van der Waals surface area contributed by atoms with Crippen LogP contribution >= 0.6 is 0 Å². The maximum atomic E-state index is 5.47. The monoisotopic (exact) mass is 248 g/mol. The number of hydrogen-bond donors (Lipinski definition) is 1. The molecule has 18 heavy (non-hydrogen) atoms. The van der Waals surface area contributed by atoms with E-state index in [1.165, 1.54) is 0 Å². The molecule has 0 bridgehead atoms. The third kappa shape index (κ3) is 3.19. The molecule has 0 spiro atoms. The Morgan fingerprint density at radius 3 is 3.06 bits per heavy atom. The van der Waals surface area contributed by atoms with Crippen molar-refractivity contribution in [3.63, 3.8) is 0 Å². The first-order valence-corrected chi connectivity index (χ1v) is 5.90. The van der Waals surface area contributed by atoms with Crippen molar-refractivity contribution in [2.45, 2.75) is 20.3 Å². The average molecular weight is 248 g/mol. The second kappa shape index (κ2) is 6.00. The average Bonchev–Trinajstić information content (AvgIpc) is 2.78. The fourth-order valence-corrected chi connectivity index (χ4v) is 1.52. The van der Waals surface area contributed by atoms with Gasteiger partial charge < -0.3 is 14.6 Å². The molecular weight excluding hydrogens is 232 g/mol. The summed E-state index contributed by atoms with van der Waals surface area (Å²) in [7, 11) is 0. The molecule has 2 rings (SSSR count). The fraction of sp³-hybridized carbons (Fsp3) is 0.417. The van der Waals surface area contributed by atoms with E-state index in [1.807, 2.05) is 19.1 Å². The van der Waals surface area contributed by atoms with Crippen LogP contribution in [0, 0.1) is 6.92 Å². The maximum absolute atomic E-state index is 5.47. The van der Waals surface area contributed by atoms with Crippen LogP contribution in [0.3, 0.4) is 0 Å². The number of anilines is 1. The summed E-state index contributed by atoms with van der Waals surface area (Å²) in [5.41, 5.74) is 0. The third-order valence-corrected chi connectivity index (χ3v) is 2.27. The lowest BCUT2D eigenvalue weighted by Crippen LogP contribution is -2.08. The minimum Gasteiger partial charge on any atom is -0.490 e. The molecular formula is C12H16N4O2. The Balaban J connectivity index is 1.89. The highest BCUT2D eigenvalue weighted by Crippen LogP contribution is 2.20. The number of aromatic nitrogens is 3.